The minimum absolute atomic E-state index is 0.0932. The van der Waals surface area contributed by atoms with Gasteiger partial charge < -0.3 is 15.4 Å². The monoisotopic (exact) mass is 319 g/mol. The van der Waals surface area contributed by atoms with E-state index in [-0.39, 0.29) is 11.9 Å². The molecule has 2 rings (SSSR count). The van der Waals surface area contributed by atoms with E-state index in [0.717, 1.165) is 58.3 Å². The zero-order valence-corrected chi connectivity index (χ0v) is 13.7. The maximum Gasteiger partial charge on any atom is 0.216 e. The van der Waals surface area contributed by atoms with Crippen LogP contribution < -0.4 is 5.73 Å². The van der Waals surface area contributed by atoms with E-state index < -0.39 is 10.0 Å². The van der Waals surface area contributed by atoms with Crippen molar-refractivity contribution in [3.8, 4) is 0 Å². The molecule has 2 aliphatic rings. The smallest absolute Gasteiger partial charge is 0.216 e. The Bertz CT molecular complexity index is 388. The van der Waals surface area contributed by atoms with Gasteiger partial charge in [0.25, 0.3) is 0 Å². The van der Waals surface area contributed by atoms with Gasteiger partial charge in [-0.15, -0.1) is 0 Å². The fourth-order valence-corrected chi connectivity index (χ4v) is 4.67. The molecule has 21 heavy (non-hydrogen) atoms. The molecule has 0 aromatic carbocycles. The summed E-state index contributed by atoms with van der Waals surface area (Å²) in [5.74, 6) is 0.156. The fraction of sp³-hybridized carbons (Fsp3) is 1.00. The lowest BCUT2D eigenvalue weighted by Gasteiger charge is -2.34. The molecule has 0 bridgehead atoms. The third kappa shape index (κ3) is 5.49. The molecule has 6 nitrogen and oxygen atoms in total. The molecule has 0 amide bonds. The SMILES string of the molecule is NCCCCCN1CCN(S(=O)(=O)CC2CCCO2)CC1. The van der Waals surface area contributed by atoms with Gasteiger partial charge in [0.15, 0.2) is 0 Å². The lowest BCUT2D eigenvalue weighted by atomic mass is 10.2. The summed E-state index contributed by atoms with van der Waals surface area (Å²) < 4.78 is 31.8. The molecular formula is C14H29N3O3S. The minimum atomic E-state index is -3.15. The van der Waals surface area contributed by atoms with Crippen molar-refractivity contribution in [2.45, 2.75) is 38.2 Å². The number of hydrogen-bond acceptors (Lipinski definition) is 5. The van der Waals surface area contributed by atoms with Gasteiger partial charge in [0, 0.05) is 32.8 Å². The highest BCUT2D eigenvalue weighted by Crippen LogP contribution is 2.17. The Morgan fingerprint density at radius 3 is 2.48 bits per heavy atom. The number of sulfonamides is 1. The van der Waals surface area contributed by atoms with Crippen LogP contribution in [0.25, 0.3) is 0 Å². The first kappa shape index (κ1) is 17.1. The summed E-state index contributed by atoms with van der Waals surface area (Å²) in [5.41, 5.74) is 5.48. The number of nitrogens with zero attached hydrogens (tertiary/aromatic N) is 2. The van der Waals surface area contributed by atoms with E-state index >= 15 is 0 Å². The molecule has 0 saturated carbocycles. The van der Waals surface area contributed by atoms with Crippen molar-refractivity contribution in [2.24, 2.45) is 5.73 Å². The first-order valence-corrected chi connectivity index (χ1v) is 9.74. The van der Waals surface area contributed by atoms with E-state index in [1.165, 1.54) is 0 Å². The van der Waals surface area contributed by atoms with Crippen LogP contribution in [0.4, 0.5) is 0 Å². The molecule has 1 unspecified atom stereocenters. The molecule has 0 radical (unpaired) electrons. The van der Waals surface area contributed by atoms with E-state index in [4.69, 9.17) is 10.5 Å². The summed E-state index contributed by atoms with van der Waals surface area (Å²) in [6.07, 6.45) is 5.16. The first-order valence-electron chi connectivity index (χ1n) is 8.13. The Balaban J connectivity index is 1.69. The van der Waals surface area contributed by atoms with Gasteiger partial charge >= 0.3 is 0 Å². The van der Waals surface area contributed by atoms with Gasteiger partial charge in [-0.1, -0.05) is 6.42 Å². The summed E-state index contributed by atoms with van der Waals surface area (Å²) in [7, 11) is -3.15. The van der Waals surface area contributed by atoms with Gasteiger partial charge in [0.2, 0.25) is 10.0 Å². The van der Waals surface area contributed by atoms with Crippen molar-refractivity contribution in [1.82, 2.24) is 9.21 Å². The average Bonchev–Trinajstić information content (AvgIpc) is 2.96. The summed E-state index contributed by atoms with van der Waals surface area (Å²) in [6.45, 7) is 5.43. The van der Waals surface area contributed by atoms with E-state index in [9.17, 15) is 8.42 Å². The van der Waals surface area contributed by atoms with Crippen LogP contribution >= 0.6 is 0 Å². The molecule has 2 fully saturated rings. The van der Waals surface area contributed by atoms with Crippen LogP contribution in [0.3, 0.4) is 0 Å². The van der Waals surface area contributed by atoms with Crippen molar-refractivity contribution >= 4 is 10.0 Å². The van der Waals surface area contributed by atoms with Crippen molar-refractivity contribution in [1.29, 1.82) is 0 Å². The Morgan fingerprint density at radius 2 is 1.86 bits per heavy atom. The van der Waals surface area contributed by atoms with Gasteiger partial charge in [-0.2, -0.15) is 4.31 Å². The molecule has 2 saturated heterocycles. The molecule has 2 N–H and O–H groups in total. The molecule has 0 spiro atoms. The maximum absolute atomic E-state index is 12.4. The van der Waals surface area contributed by atoms with Crippen LogP contribution in [0.2, 0.25) is 0 Å². The highest BCUT2D eigenvalue weighted by atomic mass is 32.2. The Hall–Kier alpha value is -0.210. The van der Waals surface area contributed by atoms with Gasteiger partial charge in [0.1, 0.15) is 0 Å². The van der Waals surface area contributed by atoms with E-state index in [2.05, 4.69) is 4.90 Å². The summed E-state index contributed by atoms with van der Waals surface area (Å²) >= 11 is 0. The predicted molar refractivity (Wildman–Crippen MR) is 83.7 cm³/mol. The molecule has 0 aromatic rings. The third-order valence-electron chi connectivity index (χ3n) is 4.32. The summed E-state index contributed by atoms with van der Waals surface area (Å²) in [6, 6.07) is 0. The van der Waals surface area contributed by atoms with Crippen molar-refractivity contribution < 1.29 is 13.2 Å². The number of nitrogens with two attached hydrogens (primary N) is 1. The topological polar surface area (TPSA) is 75.9 Å². The maximum atomic E-state index is 12.4. The normalized spacial score (nSPS) is 25.5. The van der Waals surface area contributed by atoms with Crippen LogP contribution in [-0.2, 0) is 14.8 Å². The largest absolute Gasteiger partial charge is 0.377 e. The van der Waals surface area contributed by atoms with E-state index in [0.29, 0.717) is 19.7 Å². The number of ether oxygens (including phenoxy) is 1. The first-order chi connectivity index (χ1) is 10.1. The molecule has 0 aliphatic carbocycles. The number of unbranched alkanes of at least 4 members (excludes halogenated alkanes) is 2. The molecule has 7 heteroatoms. The second kappa shape index (κ2) is 8.43. The van der Waals surface area contributed by atoms with Crippen LogP contribution in [0.1, 0.15) is 32.1 Å². The lowest BCUT2D eigenvalue weighted by Crippen LogP contribution is -2.50. The number of hydrogen-bond donors (Lipinski definition) is 1. The Labute approximate surface area is 128 Å². The molecule has 0 aromatic heterocycles. The Morgan fingerprint density at radius 1 is 1.10 bits per heavy atom. The van der Waals surface area contributed by atoms with Crippen LogP contribution in [0.15, 0.2) is 0 Å². The molecule has 124 valence electrons. The van der Waals surface area contributed by atoms with Crippen molar-refractivity contribution in [3.63, 3.8) is 0 Å². The number of rotatable bonds is 8. The second-order valence-corrected chi connectivity index (χ2v) is 8.02. The van der Waals surface area contributed by atoms with E-state index in [1.54, 1.807) is 4.31 Å². The highest BCUT2D eigenvalue weighted by Gasteiger charge is 2.30. The lowest BCUT2D eigenvalue weighted by molar-refractivity contribution is 0.125. The standard InChI is InChI=1S/C14H29N3O3S/c15-6-2-1-3-7-16-8-10-17(11-9-16)21(18,19)13-14-5-4-12-20-14/h14H,1-13,15H2. The van der Waals surface area contributed by atoms with E-state index in [1.807, 2.05) is 0 Å². The minimum Gasteiger partial charge on any atom is -0.377 e. The molecule has 2 heterocycles. The highest BCUT2D eigenvalue weighted by molar-refractivity contribution is 7.89. The van der Waals surface area contributed by atoms with Gasteiger partial charge in [-0.05, 0) is 38.8 Å². The Kier molecular flexibility index (Phi) is 6.88. The van der Waals surface area contributed by atoms with Gasteiger partial charge in [0.05, 0.1) is 11.9 Å². The fourth-order valence-electron chi connectivity index (χ4n) is 3.00. The van der Waals surface area contributed by atoms with Gasteiger partial charge in [-0.25, -0.2) is 8.42 Å². The summed E-state index contributed by atoms with van der Waals surface area (Å²) in [4.78, 5) is 2.36. The second-order valence-electron chi connectivity index (χ2n) is 6.00. The zero-order chi connectivity index (χ0) is 15.1. The molecular weight excluding hydrogens is 290 g/mol. The van der Waals surface area contributed by atoms with Crippen LogP contribution in [0, 0.1) is 0 Å². The number of piperazine rings is 1. The summed E-state index contributed by atoms with van der Waals surface area (Å²) in [5, 5.41) is 0. The average molecular weight is 319 g/mol. The predicted octanol–water partition coefficient (Wildman–Crippen LogP) is 0.242. The van der Waals surface area contributed by atoms with Crippen LogP contribution in [-0.4, -0.2) is 75.4 Å². The molecule has 2 aliphatic heterocycles. The quantitative estimate of drug-likeness (QED) is 0.649. The van der Waals surface area contributed by atoms with Crippen molar-refractivity contribution in [3.05, 3.63) is 0 Å². The zero-order valence-electron chi connectivity index (χ0n) is 12.9. The van der Waals surface area contributed by atoms with Gasteiger partial charge in [-0.3, -0.25) is 0 Å². The van der Waals surface area contributed by atoms with Crippen molar-refractivity contribution in [2.75, 3.05) is 51.6 Å². The van der Waals surface area contributed by atoms with Crippen LogP contribution in [0.5, 0.6) is 0 Å². The third-order valence-corrected chi connectivity index (χ3v) is 6.27. The molecule has 1 atom stereocenters.